The van der Waals surface area contributed by atoms with E-state index >= 15 is 0 Å². The standard InChI is InChI=1S/C11H11N3O2S2/c1-8(15)12-11-13-9(7-18-11)6-17-10-4-2-3-5-14(10)16/h2-5,7H,6H2,1H3,(H,12,13,15). The number of carbonyl (C=O) groups excluding carboxylic acids is 1. The zero-order chi connectivity index (χ0) is 13.0. The molecule has 0 saturated carbocycles. The Bertz CT molecular complexity index is 557. The summed E-state index contributed by atoms with van der Waals surface area (Å²) in [4.78, 5) is 15.1. The summed E-state index contributed by atoms with van der Waals surface area (Å²) in [5.41, 5.74) is 0.845. The fraction of sp³-hybridized carbons (Fsp3) is 0.182. The number of thiazole rings is 1. The minimum Gasteiger partial charge on any atom is -0.618 e. The number of pyridine rings is 1. The molecular weight excluding hydrogens is 270 g/mol. The summed E-state index contributed by atoms with van der Waals surface area (Å²) in [7, 11) is 0. The van der Waals surface area contributed by atoms with E-state index in [2.05, 4.69) is 10.3 Å². The number of hydrogen-bond acceptors (Lipinski definition) is 5. The third kappa shape index (κ3) is 3.44. The molecule has 1 N–H and O–H groups in total. The van der Waals surface area contributed by atoms with Gasteiger partial charge < -0.3 is 10.5 Å². The maximum absolute atomic E-state index is 11.4. The van der Waals surface area contributed by atoms with Crippen LogP contribution in [0.15, 0.2) is 34.8 Å². The van der Waals surface area contributed by atoms with Crippen molar-refractivity contribution in [2.45, 2.75) is 17.7 Å². The molecule has 2 aromatic rings. The lowest BCUT2D eigenvalue weighted by atomic mass is 10.5. The van der Waals surface area contributed by atoms with Gasteiger partial charge in [0.25, 0.3) is 5.03 Å². The van der Waals surface area contributed by atoms with Crippen LogP contribution in [0.4, 0.5) is 5.13 Å². The van der Waals surface area contributed by atoms with Crippen LogP contribution < -0.4 is 10.0 Å². The van der Waals surface area contributed by atoms with E-state index in [-0.39, 0.29) is 5.91 Å². The summed E-state index contributed by atoms with van der Waals surface area (Å²) in [6.45, 7) is 1.44. The highest BCUT2D eigenvalue weighted by atomic mass is 32.2. The van der Waals surface area contributed by atoms with Crippen LogP contribution in [0.25, 0.3) is 0 Å². The second kappa shape index (κ2) is 5.83. The number of nitrogens with one attached hydrogen (secondary N) is 1. The number of aromatic nitrogens is 2. The highest BCUT2D eigenvalue weighted by Crippen LogP contribution is 2.22. The molecule has 2 aromatic heterocycles. The summed E-state index contributed by atoms with van der Waals surface area (Å²) in [6, 6.07) is 5.27. The minimum absolute atomic E-state index is 0.135. The van der Waals surface area contributed by atoms with Gasteiger partial charge in [-0.05, 0) is 17.8 Å². The Hall–Kier alpha value is -1.60. The zero-order valence-electron chi connectivity index (χ0n) is 9.62. The minimum atomic E-state index is -0.135. The maximum atomic E-state index is 11.4. The Balaban J connectivity index is 1.96. The Labute approximate surface area is 112 Å². The number of anilines is 1. The fourth-order valence-electron chi connectivity index (χ4n) is 1.25. The quantitative estimate of drug-likeness (QED) is 0.529. The van der Waals surface area contributed by atoms with Crippen LogP contribution in [0.3, 0.4) is 0 Å². The number of rotatable bonds is 4. The van der Waals surface area contributed by atoms with Crippen molar-refractivity contribution in [2.75, 3.05) is 5.32 Å². The van der Waals surface area contributed by atoms with Gasteiger partial charge in [-0.1, -0.05) is 0 Å². The topological polar surface area (TPSA) is 68.9 Å². The predicted molar refractivity (Wildman–Crippen MR) is 71.4 cm³/mol. The molecule has 0 atom stereocenters. The molecule has 0 saturated heterocycles. The lowest BCUT2D eigenvalue weighted by molar-refractivity contribution is -0.645. The average Bonchev–Trinajstić information content (AvgIpc) is 2.75. The molecule has 0 radical (unpaired) electrons. The first-order valence-corrected chi connectivity index (χ1v) is 7.04. The van der Waals surface area contributed by atoms with E-state index < -0.39 is 0 Å². The van der Waals surface area contributed by atoms with Crippen molar-refractivity contribution in [3.05, 3.63) is 40.7 Å². The highest BCUT2D eigenvalue weighted by molar-refractivity contribution is 7.98. The largest absolute Gasteiger partial charge is 0.618 e. The van der Waals surface area contributed by atoms with Crippen LogP contribution >= 0.6 is 23.1 Å². The van der Waals surface area contributed by atoms with Crippen molar-refractivity contribution in [1.82, 2.24) is 4.98 Å². The molecular formula is C11H11N3O2S2. The molecule has 94 valence electrons. The second-order valence-corrected chi connectivity index (χ2v) is 5.33. The van der Waals surface area contributed by atoms with Gasteiger partial charge >= 0.3 is 0 Å². The van der Waals surface area contributed by atoms with Crippen molar-refractivity contribution < 1.29 is 9.52 Å². The Kier molecular flexibility index (Phi) is 4.16. The fourth-order valence-corrected chi connectivity index (χ4v) is 2.92. The van der Waals surface area contributed by atoms with Gasteiger partial charge in [0.05, 0.1) is 5.69 Å². The van der Waals surface area contributed by atoms with Gasteiger partial charge in [-0.25, -0.2) is 4.98 Å². The van der Waals surface area contributed by atoms with Gasteiger partial charge in [-0.3, -0.25) is 4.79 Å². The van der Waals surface area contributed by atoms with E-state index in [9.17, 15) is 10.0 Å². The van der Waals surface area contributed by atoms with Gasteiger partial charge in [0.15, 0.2) is 11.3 Å². The number of carbonyl (C=O) groups is 1. The molecule has 5 nitrogen and oxygen atoms in total. The van der Waals surface area contributed by atoms with Crippen LogP contribution in [-0.2, 0) is 10.5 Å². The van der Waals surface area contributed by atoms with E-state index in [1.54, 1.807) is 12.1 Å². The van der Waals surface area contributed by atoms with Crippen molar-refractivity contribution in [1.29, 1.82) is 0 Å². The van der Waals surface area contributed by atoms with Crippen LogP contribution in [0.2, 0.25) is 0 Å². The van der Waals surface area contributed by atoms with Gasteiger partial charge in [0.2, 0.25) is 5.91 Å². The molecule has 0 unspecified atom stereocenters. The number of amides is 1. The normalized spacial score (nSPS) is 10.3. The van der Waals surface area contributed by atoms with Gasteiger partial charge in [0.1, 0.15) is 0 Å². The first-order valence-electron chi connectivity index (χ1n) is 5.18. The lowest BCUT2D eigenvalue weighted by Crippen LogP contribution is -2.27. The monoisotopic (exact) mass is 281 g/mol. The molecule has 2 rings (SSSR count). The predicted octanol–water partition coefficient (Wildman–Crippen LogP) is 2.03. The Morgan fingerprint density at radius 1 is 1.61 bits per heavy atom. The SMILES string of the molecule is CC(=O)Nc1nc(CSc2cccc[n+]2[O-])cs1. The second-order valence-electron chi connectivity index (χ2n) is 3.48. The molecule has 0 aliphatic rings. The van der Waals surface area contributed by atoms with Gasteiger partial charge in [-0.15, -0.1) is 11.3 Å². The number of hydrogen-bond donors (Lipinski definition) is 1. The molecule has 0 aliphatic carbocycles. The average molecular weight is 281 g/mol. The first kappa shape index (κ1) is 12.8. The third-order valence-corrected chi connectivity index (χ3v) is 3.85. The maximum Gasteiger partial charge on any atom is 0.251 e. The number of thioether (sulfide) groups is 1. The molecule has 2 heterocycles. The van der Waals surface area contributed by atoms with Crippen LogP contribution in [0.5, 0.6) is 0 Å². The van der Waals surface area contributed by atoms with E-state index in [0.29, 0.717) is 15.9 Å². The molecule has 0 bridgehead atoms. The highest BCUT2D eigenvalue weighted by Gasteiger charge is 2.08. The lowest BCUT2D eigenvalue weighted by Gasteiger charge is -2.01. The van der Waals surface area contributed by atoms with Gasteiger partial charge in [-0.2, -0.15) is 4.73 Å². The van der Waals surface area contributed by atoms with Crippen molar-refractivity contribution >= 4 is 34.1 Å². The molecule has 0 fully saturated rings. The summed E-state index contributed by atoms with van der Waals surface area (Å²) >= 11 is 2.79. The zero-order valence-corrected chi connectivity index (χ0v) is 11.3. The number of nitrogens with zero attached hydrogens (tertiary/aromatic N) is 2. The molecule has 0 aliphatic heterocycles. The van der Waals surface area contributed by atoms with Crippen LogP contribution in [0.1, 0.15) is 12.6 Å². The van der Waals surface area contributed by atoms with Gasteiger partial charge in [0, 0.05) is 30.2 Å². The molecule has 7 heteroatoms. The van der Waals surface area contributed by atoms with Crippen LogP contribution in [0, 0.1) is 5.21 Å². The smallest absolute Gasteiger partial charge is 0.251 e. The van der Waals surface area contributed by atoms with E-state index in [1.807, 2.05) is 11.4 Å². The van der Waals surface area contributed by atoms with Crippen molar-refractivity contribution in [3.63, 3.8) is 0 Å². The summed E-state index contributed by atoms with van der Waals surface area (Å²) in [6.07, 6.45) is 1.46. The molecule has 1 amide bonds. The molecule has 0 aromatic carbocycles. The third-order valence-electron chi connectivity index (χ3n) is 1.99. The Morgan fingerprint density at radius 3 is 3.17 bits per heavy atom. The molecule has 0 spiro atoms. The molecule has 18 heavy (non-hydrogen) atoms. The van der Waals surface area contributed by atoms with E-state index in [0.717, 1.165) is 10.4 Å². The van der Waals surface area contributed by atoms with Crippen LogP contribution in [-0.4, -0.2) is 10.9 Å². The van der Waals surface area contributed by atoms with Crippen molar-refractivity contribution in [3.8, 4) is 0 Å². The summed E-state index contributed by atoms with van der Waals surface area (Å²) in [5.74, 6) is 0.464. The first-order chi connectivity index (χ1) is 8.65. The summed E-state index contributed by atoms with van der Waals surface area (Å²) in [5, 5.41) is 17.1. The summed E-state index contributed by atoms with van der Waals surface area (Å²) < 4.78 is 0.825. The Morgan fingerprint density at radius 2 is 2.44 bits per heavy atom. The van der Waals surface area contributed by atoms with E-state index in [1.165, 1.54) is 36.2 Å². The van der Waals surface area contributed by atoms with E-state index in [4.69, 9.17) is 0 Å². The van der Waals surface area contributed by atoms with Crippen molar-refractivity contribution in [2.24, 2.45) is 0 Å².